The van der Waals surface area contributed by atoms with Gasteiger partial charge in [0.2, 0.25) is 0 Å². The predicted molar refractivity (Wildman–Crippen MR) is 84.0 cm³/mol. The van der Waals surface area contributed by atoms with Crippen molar-refractivity contribution in [2.24, 2.45) is 0 Å². The van der Waals surface area contributed by atoms with Crippen molar-refractivity contribution >= 4 is 16.6 Å². The average Bonchev–Trinajstić information content (AvgIpc) is 2.90. The number of hydrogen-bond acceptors (Lipinski definition) is 1. The Bertz CT molecular complexity index is 719. The van der Waals surface area contributed by atoms with Crippen LogP contribution < -0.4 is 0 Å². The molecule has 1 aliphatic rings. The Morgan fingerprint density at radius 2 is 1.90 bits per heavy atom. The summed E-state index contributed by atoms with van der Waals surface area (Å²) in [5, 5.41) is 2.32. The molecule has 2 aromatic rings. The van der Waals surface area contributed by atoms with Crippen LogP contribution in [-0.4, -0.2) is 5.78 Å². The molecule has 1 aliphatic carbocycles. The molecule has 1 heteroatoms. The lowest BCUT2D eigenvalue weighted by Gasteiger charge is -2.04. The zero-order valence-corrected chi connectivity index (χ0v) is 11.7. The first kappa shape index (κ1) is 12.9. The van der Waals surface area contributed by atoms with E-state index in [1.54, 1.807) is 0 Å². The number of allylic oxidation sites excluding steroid dienone is 4. The molecule has 0 aliphatic heterocycles. The van der Waals surface area contributed by atoms with Crippen molar-refractivity contribution in [3.8, 4) is 0 Å². The molecular formula is C19H18O. The quantitative estimate of drug-likeness (QED) is 0.702. The normalized spacial score (nSPS) is 14.2. The van der Waals surface area contributed by atoms with E-state index in [0.29, 0.717) is 6.42 Å². The highest BCUT2D eigenvalue weighted by molar-refractivity contribution is 6.00. The topological polar surface area (TPSA) is 17.1 Å². The van der Waals surface area contributed by atoms with Gasteiger partial charge in [0, 0.05) is 12.0 Å². The van der Waals surface area contributed by atoms with Gasteiger partial charge in [-0.25, -0.2) is 0 Å². The lowest BCUT2D eigenvalue weighted by molar-refractivity contribution is 0.0983. The van der Waals surface area contributed by atoms with E-state index in [9.17, 15) is 4.79 Å². The van der Waals surface area contributed by atoms with Crippen LogP contribution in [0.2, 0.25) is 0 Å². The van der Waals surface area contributed by atoms with Crippen LogP contribution in [0.1, 0.15) is 36.5 Å². The third kappa shape index (κ3) is 2.72. The second-order valence-corrected chi connectivity index (χ2v) is 5.44. The zero-order valence-electron chi connectivity index (χ0n) is 11.7. The molecule has 0 bridgehead atoms. The lowest BCUT2D eigenvalue weighted by Crippen LogP contribution is -1.99. The Morgan fingerprint density at radius 1 is 1.10 bits per heavy atom. The average molecular weight is 262 g/mol. The molecule has 0 radical (unpaired) electrons. The molecule has 0 aromatic heterocycles. The van der Waals surface area contributed by atoms with Crippen molar-refractivity contribution in [2.75, 3.05) is 0 Å². The molecule has 0 saturated carbocycles. The maximum absolute atomic E-state index is 12.3. The minimum absolute atomic E-state index is 0.237. The highest BCUT2D eigenvalue weighted by Crippen LogP contribution is 2.23. The number of benzene rings is 2. The van der Waals surface area contributed by atoms with E-state index in [2.05, 4.69) is 31.2 Å². The van der Waals surface area contributed by atoms with Gasteiger partial charge in [0.15, 0.2) is 5.78 Å². The summed E-state index contributed by atoms with van der Waals surface area (Å²) in [6.45, 7) is 2.11. The molecule has 0 spiro atoms. The predicted octanol–water partition coefficient (Wildman–Crippen LogP) is 5.08. The van der Waals surface area contributed by atoms with Crippen LogP contribution in [-0.2, 0) is 0 Å². The summed E-state index contributed by atoms with van der Waals surface area (Å²) in [6, 6.07) is 14.1. The molecule has 3 rings (SSSR count). The summed E-state index contributed by atoms with van der Waals surface area (Å²) in [7, 11) is 0. The summed E-state index contributed by atoms with van der Waals surface area (Å²) < 4.78 is 0. The van der Waals surface area contributed by atoms with Gasteiger partial charge in [0.1, 0.15) is 0 Å². The van der Waals surface area contributed by atoms with Crippen molar-refractivity contribution in [3.05, 3.63) is 71.3 Å². The number of carbonyl (C=O) groups excluding carboxylic acids is 1. The van der Waals surface area contributed by atoms with Crippen LogP contribution in [0.5, 0.6) is 0 Å². The molecule has 0 N–H and O–H groups in total. The van der Waals surface area contributed by atoms with E-state index in [-0.39, 0.29) is 5.78 Å². The van der Waals surface area contributed by atoms with Gasteiger partial charge in [-0.2, -0.15) is 0 Å². The summed E-state index contributed by atoms with van der Waals surface area (Å²) >= 11 is 0. The summed E-state index contributed by atoms with van der Waals surface area (Å²) in [5.41, 5.74) is 3.52. The van der Waals surface area contributed by atoms with Crippen LogP contribution in [0, 0.1) is 0 Å². The Morgan fingerprint density at radius 3 is 2.65 bits per heavy atom. The van der Waals surface area contributed by atoms with Crippen molar-refractivity contribution in [1.82, 2.24) is 0 Å². The minimum atomic E-state index is 0.237. The molecule has 0 heterocycles. The van der Waals surface area contributed by atoms with Crippen molar-refractivity contribution < 1.29 is 4.79 Å². The first-order valence-corrected chi connectivity index (χ1v) is 7.10. The van der Waals surface area contributed by atoms with Gasteiger partial charge in [-0.05, 0) is 36.6 Å². The van der Waals surface area contributed by atoms with Gasteiger partial charge >= 0.3 is 0 Å². The number of fused-ring (bicyclic) bond motifs is 1. The van der Waals surface area contributed by atoms with E-state index < -0.39 is 0 Å². The third-order valence-corrected chi connectivity index (χ3v) is 3.86. The van der Waals surface area contributed by atoms with Crippen LogP contribution in [0.25, 0.3) is 10.8 Å². The molecule has 0 saturated heterocycles. The van der Waals surface area contributed by atoms with E-state index in [0.717, 1.165) is 23.8 Å². The maximum Gasteiger partial charge on any atom is 0.163 e. The Balaban J connectivity index is 1.71. The first-order chi connectivity index (χ1) is 9.72. The van der Waals surface area contributed by atoms with Crippen LogP contribution in [0.4, 0.5) is 0 Å². The molecule has 100 valence electrons. The van der Waals surface area contributed by atoms with Gasteiger partial charge < -0.3 is 0 Å². The fourth-order valence-electron chi connectivity index (χ4n) is 2.69. The van der Waals surface area contributed by atoms with Gasteiger partial charge in [-0.15, -0.1) is 0 Å². The maximum atomic E-state index is 12.3. The van der Waals surface area contributed by atoms with Crippen molar-refractivity contribution in [1.29, 1.82) is 0 Å². The zero-order chi connectivity index (χ0) is 13.9. The Labute approximate surface area is 119 Å². The second-order valence-electron chi connectivity index (χ2n) is 5.44. The molecule has 0 fully saturated rings. The van der Waals surface area contributed by atoms with E-state index in [4.69, 9.17) is 0 Å². The van der Waals surface area contributed by atoms with Crippen LogP contribution in [0.3, 0.4) is 0 Å². The lowest BCUT2D eigenvalue weighted by atomic mass is 10.00. The molecule has 1 nitrogen and oxygen atoms in total. The van der Waals surface area contributed by atoms with Crippen LogP contribution >= 0.6 is 0 Å². The SMILES string of the molecule is CC1=CCC(CCC(=O)c2ccc3ccccc3c2)=C1. The highest BCUT2D eigenvalue weighted by Gasteiger charge is 2.09. The monoisotopic (exact) mass is 262 g/mol. The number of carbonyl (C=O) groups is 1. The van der Waals surface area contributed by atoms with Crippen LogP contribution in [0.15, 0.2) is 65.8 Å². The van der Waals surface area contributed by atoms with E-state index >= 15 is 0 Å². The van der Waals surface area contributed by atoms with Gasteiger partial charge in [0.05, 0.1) is 0 Å². The third-order valence-electron chi connectivity index (χ3n) is 3.86. The summed E-state index contributed by atoms with van der Waals surface area (Å²) in [5.74, 6) is 0.237. The molecule has 20 heavy (non-hydrogen) atoms. The standard InChI is InChI=1S/C19H18O/c1-14-6-7-15(12-14)8-11-19(20)18-10-9-16-4-2-3-5-17(16)13-18/h2-6,9-10,12-13H,7-8,11H2,1H3. The fraction of sp³-hybridized carbons (Fsp3) is 0.211. The Kier molecular flexibility index (Phi) is 3.51. The summed E-state index contributed by atoms with van der Waals surface area (Å²) in [6.07, 6.45) is 6.91. The first-order valence-electron chi connectivity index (χ1n) is 7.10. The smallest absolute Gasteiger partial charge is 0.163 e. The fourth-order valence-corrected chi connectivity index (χ4v) is 2.69. The molecule has 0 atom stereocenters. The molecule has 0 amide bonds. The number of ketones is 1. The molecule has 2 aromatic carbocycles. The van der Waals surface area contributed by atoms with E-state index in [1.165, 1.54) is 16.5 Å². The molecular weight excluding hydrogens is 244 g/mol. The van der Waals surface area contributed by atoms with Crippen molar-refractivity contribution in [2.45, 2.75) is 26.2 Å². The van der Waals surface area contributed by atoms with Crippen molar-refractivity contribution in [3.63, 3.8) is 0 Å². The van der Waals surface area contributed by atoms with Gasteiger partial charge in [-0.3, -0.25) is 4.79 Å². The van der Waals surface area contributed by atoms with Gasteiger partial charge in [0.25, 0.3) is 0 Å². The molecule has 0 unspecified atom stereocenters. The second kappa shape index (κ2) is 5.46. The largest absolute Gasteiger partial charge is 0.294 e. The number of hydrogen-bond donors (Lipinski definition) is 0. The summed E-state index contributed by atoms with van der Waals surface area (Å²) in [4.78, 5) is 12.3. The number of Topliss-reactive ketones (excluding diaryl/α,β-unsaturated/α-hetero) is 1. The Hall–Kier alpha value is -2.15. The highest BCUT2D eigenvalue weighted by atomic mass is 16.1. The van der Waals surface area contributed by atoms with E-state index in [1.807, 2.05) is 30.3 Å². The number of rotatable bonds is 4. The minimum Gasteiger partial charge on any atom is -0.294 e. The van der Waals surface area contributed by atoms with Gasteiger partial charge in [-0.1, -0.05) is 59.7 Å².